The summed E-state index contributed by atoms with van der Waals surface area (Å²) in [5.41, 5.74) is 2.03. The van der Waals surface area contributed by atoms with Crippen LogP contribution in [0.2, 0.25) is 0 Å². The highest BCUT2D eigenvalue weighted by Gasteiger charge is 2.35. The van der Waals surface area contributed by atoms with E-state index in [1.54, 1.807) is 40.5 Å². The van der Waals surface area contributed by atoms with E-state index in [0.717, 1.165) is 23.3 Å². The molecule has 2 heterocycles. The molecule has 2 aromatic carbocycles. The monoisotopic (exact) mass is 496 g/mol. The number of benzene rings is 2. The Hall–Kier alpha value is -2.94. The van der Waals surface area contributed by atoms with Gasteiger partial charge >= 0.3 is 0 Å². The summed E-state index contributed by atoms with van der Waals surface area (Å²) in [7, 11) is -3.85. The Morgan fingerprint density at radius 3 is 2.62 bits per heavy atom. The second-order valence-electron chi connectivity index (χ2n) is 8.18. The van der Waals surface area contributed by atoms with Gasteiger partial charge in [0.05, 0.1) is 17.5 Å². The van der Waals surface area contributed by atoms with Gasteiger partial charge in [0.25, 0.3) is 0 Å². The molecule has 0 aliphatic carbocycles. The Bertz CT molecular complexity index is 1240. The van der Waals surface area contributed by atoms with Crippen LogP contribution >= 0.6 is 11.3 Å². The van der Waals surface area contributed by atoms with E-state index in [2.05, 4.69) is 6.58 Å². The summed E-state index contributed by atoms with van der Waals surface area (Å²) >= 11 is 1.68. The molecule has 0 N–H and O–H groups in total. The molecule has 0 spiro atoms. The van der Waals surface area contributed by atoms with Crippen LogP contribution < -0.4 is 4.74 Å². The lowest BCUT2D eigenvalue weighted by Crippen LogP contribution is -2.47. The fourth-order valence-electron chi connectivity index (χ4n) is 4.06. The molecule has 3 aromatic rings. The van der Waals surface area contributed by atoms with E-state index in [4.69, 9.17) is 4.74 Å². The van der Waals surface area contributed by atoms with E-state index in [-0.39, 0.29) is 29.9 Å². The van der Waals surface area contributed by atoms with Gasteiger partial charge in [-0.15, -0.1) is 17.9 Å². The Balaban J connectivity index is 1.56. The molecule has 1 atom stereocenters. The second-order valence-corrected chi connectivity index (χ2v) is 11.1. The molecule has 1 aliphatic heterocycles. The smallest absolute Gasteiger partial charge is 0.243 e. The highest BCUT2D eigenvalue weighted by Crippen LogP contribution is 2.34. The van der Waals surface area contributed by atoms with Crippen LogP contribution in [0.15, 0.2) is 83.6 Å². The van der Waals surface area contributed by atoms with Crippen LogP contribution in [0.25, 0.3) is 0 Å². The van der Waals surface area contributed by atoms with Gasteiger partial charge in [-0.3, -0.25) is 4.79 Å². The number of amides is 1. The SMILES string of the molecule is C=CCN(CC(=O)N1CCc2sccc2[C@H]1COc1ccccc1)S(=O)(=O)c1ccc(C)cc1. The maximum absolute atomic E-state index is 13.5. The number of hydrogen-bond acceptors (Lipinski definition) is 5. The number of hydrogen-bond donors (Lipinski definition) is 0. The third-order valence-electron chi connectivity index (χ3n) is 5.87. The van der Waals surface area contributed by atoms with Crippen LogP contribution in [0.5, 0.6) is 5.75 Å². The summed E-state index contributed by atoms with van der Waals surface area (Å²) in [4.78, 5) is 16.7. The standard InChI is InChI=1S/C26H28N2O4S2/c1-3-15-27(34(30,31)22-11-9-20(2)10-12-22)18-26(29)28-16-13-25-23(14-17-33-25)24(28)19-32-21-7-5-4-6-8-21/h3-12,14,17,24H,1,13,15-16,18-19H2,2H3/t24-/m1/s1. The number of thiophene rings is 1. The summed E-state index contributed by atoms with van der Waals surface area (Å²) in [5.74, 6) is 0.475. The molecule has 4 rings (SSSR count). The summed E-state index contributed by atoms with van der Waals surface area (Å²) in [6.45, 7) is 6.19. The molecule has 178 valence electrons. The van der Waals surface area contributed by atoms with Crippen molar-refractivity contribution in [2.24, 2.45) is 0 Å². The number of rotatable bonds is 9. The van der Waals surface area contributed by atoms with Gasteiger partial charge in [0.2, 0.25) is 15.9 Å². The fourth-order valence-corrected chi connectivity index (χ4v) is 6.35. The molecule has 1 aliphatic rings. The van der Waals surface area contributed by atoms with E-state index >= 15 is 0 Å². The maximum atomic E-state index is 13.5. The average Bonchev–Trinajstić information content (AvgIpc) is 3.32. The molecule has 6 nitrogen and oxygen atoms in total. The van der Waals surface area contributed by atoms with Crippen molar-refractivity contribution in [3.8, 4) is 5.75 Å². The quantitative estimate of drug-likeness (QED) is 0.411. The van der Waals surface area contributed by atoms with Crippen molar-refractivity contribution in [3.63, 3.8) is 0 Å². The number of carbonyl (C=O) groups is 1. The van der Waals surface area contributed by atoms with Crippen molar-refractivity contribution >= 4 is 27.3 Å². The average molecular weight is 497 g/mol. The largest absolute Gasteiger partial charge is 0.491 e. The minimum Gasteiger partial charge on any atom is -0.491 e. The molecule has 0 bridgehead atoms. The summed E-state index contributed by atoms with van der Waals surface area (Å²) in [6.07, 6.45) is 2.24. The molecule has 8 heteroatoms. The van der Waals surface area contributed by atoms with Gasteiger partial charge in [-0.25, -0.2) is 8.42 Å². The van der Waals surface area contributed by atoms with Gasteiger partial charge in [0, 0.05) is 18.0 Å². The number of ether oxygens (including phenoxy) is 1. The van der Waals surface area contributed by atoms with Crippen LogP contribution in [-0.2, 0) is 21.2 Å². The number of para-hydroxylation sites is 1. The molecule has 0 unspecified atom stereocenters. The normalized spacial score (nSPS) is 15.7. The van der Waals surface area contributed by atoms with Gasteiger partial charge in [-0.05, 0) is 54.6 Å². The Labute approximate surface area is 205 Å². The van der Waals surface area contributed by atoms with Gasteiger partial charge in [-0.2, -0.15) is 4.31 Å². The van der Waals surface area contributed by atoms with Crippen molar-refractivity contribution in [3.05, 3.63) is 94.7 Å². The first-order valence-corrected chi connectivity index (χ1v) is 13.4. The van der Waals surface area contributed by atoms with Crippen LogP contribution in [-0.4, -0.2) is 49.8 Å². The molecule has 1 aromatic heterocycles. The van der Waals surface area contributed by atoms with Crippen molar-refractivity contribution in [1.29, 1.82) is 0 Å². The van der Waals surface area contributed by atoms with Crippen LogP contribution in [0.1, 0.15) is 22.0 Å². The van der Waals surface area contributed by atoms with Crippen LogP contribution in [0.3, 0.4) is 0 Å². The fraction of sp³-hybridized carbons (Fsp3) is 0.269. The Morgan fingerprint density at radius 1 is 1.18 bits per heavy atom. The van der Waals surface area contributed by atoms with Crippen molar-refractivity contribution < 1.29 is 17.9 Å². The third kappa shape index (κ3) is 5.24. The molecule has 34 heavy (non-hydrogen) atoms. The Morgan fingerprint density at radius 2 is 1.91 bits per heavy atom. The lowest BCUT2D eigenvalue weighted by Gasteiger charge is -2.36. The van der Waals surface area contributed by atoms with Gasteiger partial charge in [0.1, 0.15) is 12.4 Å². The summed E-state index contributed by atoms with van der Waals surface area (Å²) in [5, 5.41) is 2.03. The number of nitrogens with zero attached hydrogens (tertiary/aromatic N) is 2. The lowest BCUT2D eigenvalue weighted by molar-refractivity contribution is -0.135. The van der Waals surface area contributed by atoms with Crippen molar-refractivity contribution in [2.45, 2.75) is 24.3 Å². The number of aryl methyl sites for hydroxylation is 1. The van der Waals surface area contributed by atoms with Crippen molar-refractivity contribution in [2.75, 3.05) is 26.2 Å². The summed E-state index contributed by atoms with van der Waals surface area (Å²) < 4.78 is 33.8. The number of carbonyl (C=O) groups excluding carboxylic acids is 1. The highest BCUT2D eigenvalue weighted by atomic mass is 32.2. The Kier molecular flexibility index (Phi) is 7.50. The number of sulfonamides is 1. The number of fused-ring (bicyclic) bond motifs is 1. The third-order valence-corrected chi connectivity index (χ3v) is 8.69. The second kappa shape index (κ2) is 10.5. The molecule has 0 fully saturated rings. The van der Waals surface area contributed by atoms with E-state index in [0.29, 0.717) is 13.2 Å². The molecule has 0 saturated carbocycles. The summed E-state index contributed by atoms with van der Waals surface area (Å²) in [6, 6.07) is 17.9. The van der Waals surface area contributed by atoms with Crippen LogP contribution in [0, 0.1) is 6.92 Å². The van der Waals surface area contributed by atoms with E-state index < -0.39 is 10.0 Å². The first kappa shape index (κ1) is 24.2. The first-order valence-electron chi connectivity index (χ1n) is 11.1. The molecular formula is C26H28N2O4S2. The lowest BCUT2D eigenvalue weighted by atomic mass is 10.0. The zero-order chi connectivity index (χ0) is 24.1. The minimum atomic E-state index is -3.85. The molecule has 0 saturated heterocycles. The minimum absolute atomic E-state index is 0.0463. The topological polar surface area (TPSA) is 66.9 Å². The zero-order valence-electron chi connectivity index (χ0n) is 19.1. The maximum Gasteiger partial charge on any atom is 0.243 e. The zero-order valence-corrected chi connectivity index (χ0v) is 20.7. The van der Waals surface area contributed by atoms with E-state index in [1.807, 2.05) is 48.7 Å². The van der Waals surface area contributed by atoms with Gasteiger partial charge in [0.15, 0.2) is 0 Å². The van der Waals surface area contributed by atoms with E-state index in [9.17, 15) is 13.2 Å². The molecule has 0 radical (unpaired) electrons. The molecule has 1 amide bonds. The van der Waals surface area contributed by atoms with E-state index in [1.165, 1.54) is 15.3 Å². The highest BCUT2D eigenvalue weighted by molar-refractivity contribution is 7.89. The van der Waals surface area contributed by atoms with Gasteiger partial charge < -0.3 is 9.64 Å². The predicted octanol–water partition coefficient (Wildman–Crippen LogP) is 4.44. The van der Waals surface area contributed by atoms with Crippen LogP contribution in [0.4, 0.5) is 0 Å². The van der Waals surface area contributed by atoms with Gasteiger partial charge in [-0.1, -0.05) is 42.0 Å². The van der Waals surface area contributed by atoms with Crippen molar-refractivity contribution in [1.82, 2.24) is 9.21 Å². The molecular weight excluding hydrogens is 468 g/mol. The predicted molar refractivity (Wildman–Crippen MR) is 135 cm³/mol. The first-order chi connectivity index (χ1) is 16.4.